The van der Waals surface area contributed by atoms with Crippen LogP contribution in [0.4, 0.5) is 5.69 Å². The highest BCUT2D eigenvalue weighted by Gasteiger charge is 2.32. The summed E-state index contributed by atoms with van der Waals surface area (Å²) in [6.45, 7) is 3.40. The van der Waals surface area contributed by atoms with Gasteiger partial charge < -0.3 is 15.1 Å². The summed E-state index contributed by atoms with van der Waals surface area (Å²) < 4.78 is 0. The van der Waals surface area contributed by atoms with Crippen LogP contribution < -0.4 is 5.32 Å². The van der Waals surface area contributed by atoms with E-state index in [4.69, 9.17) is 0 Å². The summed E-state index contributed by atoms with van der Waals surface area (Å²) >= 11 is 0. The molecule has 0 spiro atoms. The number of amides is 3. The van der Waals surface area contributed by atoms with Crippen LogP contribution in [0.2, 0.25) is 0 Å². The Bertz CT molecular complexity index is 713. The summed E-state index contributed by atoms with van der Waals surface area (Å²) in [7, 11) is 0. The molecule has 0 radical (unpaired) electrons. The smallest absolute Gasteiger partial charge is 0.242 e. The number of aryl methyl sites for hydroxylation is 1. The molecule has 0 atom stereocenters. The highest BCUT2D eigenvalue weighted by molar-refractivity contribution is 5.94. The van der Waals surface area contributed by atoms with Crippen molar-refractivity contribution in [2.75, 3.05) is 25.0 Å². The third kappa shape index (κ3) is 5.33. The molecule has 0 unspecified atom stereocenters. The van der Waals surface area contributed by atoms with Gasteiger partial charge in [0.25, 0.3) is 0 Å². The molecule has 3 rings (SSSR count). The van der Waals surface area contributed by atoms with Gasteiger partial charge in [0.05, 0.1) is 6.54 Å². The summed E-state index contributed by atoms with van der Waals surface area (Å²) in [6.07, 6.45) is 6.97. The zero-order chi connectivity index (χ0) is 19.9. The Morgan fingerprint density at radius 3 is 2.61 bits per heavy atom. The van der Waals surface area contributed by atoms with Gasteiger partial charge in [0, 0.05) is 37.7 Å². The van der Waals surface area contributed by atoms with E-state index < -0.39 is 0 Å². The molecule has 1 aliphatic carbocycles. The summed E-state index contributed by atoms with van der Waals surface area (Å²) in [5, 5.41) is 2.85. The molecule has 6 heteroatoms. The Labute approximate surface area is 167 Å². The van der Waals surface area contributed by atoms with E-state index in [9.17, 15) is 14.4 Å². The molecule has 1 saturated heterocycles. The zero-order valence-electron chi connectivity index (χ0n) is 16.8. The number of carbonyl (C=O) groups excluding carboxylic acids is 3. The van der Waals surface area contributed by atoms with E-state index in [1.165, 1.54) is 19.3 Å². The van der Waals surface area contributed by atoms with Crippen molar-refractivity contribution in [3.63, 3.8) is 0 Å². The predicted octanol–water partition coefficient (Wildman–Crippen LogP) is 2.97. The molecule has 0 bridgehead atoms. The van der Waals surface area contributed by atoms with Gasteiger partial charge in [0.15, 0.2) is 0 Å². The number of piperazine rings is 1. The quantitative estimate of drug-likeness (QED) is 0.818. The van der Waals surface area contributed by atoms with E-state index in [0.29, 0.717) is 19.1 Å². The van der Waals surface area contributed by atoms with E-state index >= 15 is 0 Å². The first-order valence-electron chi connectivity index (χ1n) is 10.5. The van der Waals surface area contributed by atoms with Crippen LogP contribution in [0.15, 0.2) is 24.3 Å². The van der Waals surface area contributed by atoms with Crippen molar-refractivity contribution >= 4 is 23.4 Å². The first kappa shape index (κ1) is 20.4. The molecular weight excluding hydrogens is 354 g/mol. The van der Waals surface area contributed by atoms with E-state index in [0.717, 1.165) is 30.5 Å². The Balaban J connectivity index is 1.43. The van der Waals surface area contributed by atoms with Gasteiger partial charge in [-0.15, -0.1) is 0 Å². The number of rotatable bonds is 6. The molecule has 3 amide bonds. The lowest BCUT2D eigenvalue weighted by atomic mass is 9.93. The maximum absolute atomic E-state index is 12.5. The molecule has 2 aliphatic rings. The van der Waals surface area contributed by atoms with Crippen molar-refractivity contribution in [1.82, 2.24) is 9.80 Å². The lowest BCUT2D eigenvalue weighted by Crippen LogP contribution is -2.55. The summed E-state index contributed by atoms with van der Waals surface area (Å²) in [4.78, 5) is 40.7. The van der Waals surface area contributed by atoms with Crippen LogP contribution in [-0.4, -0.2) is 53.2 Å². The van der Waals surface area contributed by atoms with Gasteiger partial charge in [0.2, 0.25) is 17.7 Å². The second kappa shape index (κ2) is 9.71. The maximum Gasteiger partial charge on any atom is 0.242 e. The first-order chi connectivity index (χ1) is 13.6. The van der Waals surface area contributed by atoms with Gasteiger partial charge in [-0.05, 0) is 37.0 Å². The lowest BCUT2D eigenvalue weighted by molar-refractivity contribution is -0.147. The van der Waals surface area contributed by atoms with E-state index in [1.807, 2.05) is 29.2 Å². The fraction of sp³-hybridized carbons (Fsp3) is 0.591. The van der Waals surface area contributed by atoms with Crippen LogP contribution in [0.1, 0.15) is 57.4 Å². The minimum absolute atomic E-state index is 0.0485. The number of hydrogen-bond acceptors (Lipinski definition) is 3. The normalized spacial score (nSPS) is 18.2. The van der Waals surface area contributed by atoms with Gasteiger partial charge in [-0.2, -0.15) is 0 Å². The maximum atomic E-state index is 12.5. The van der Waals surface area contributed by atoms with Crippen molar-refractivity contribution in [2.45, 2.75) is 64.3 Å². The summed E-state index contributed by atoms with van der Waals surface area (Å²) in [6, 6.07) is 8.08. The number of carbonyl (C=O) groups is 3. The molecule has 28 heavy (non-hydrogen) atoms. The van der Waals surface area contributed by atoms with Gasteiger partial charge >= 0.3 is 0 Å². The molecule has 1 aromatic rings. The molecule has 1 saturated carbocycles. The van der Waals surface area contributed by atoms with Crippen LogP contribution in [0, 0.1) is 0 Å². The monoisotopic (exact) mass is 385 g/mol. The van der Waals surface area contributed by atoms with Gasteiger partial charge in [-0.25, -0.2) is 0 Å². The number of nitrogens with zero attached hydrogens (tertiary/aromatic N) is 2. The molecular formula is C22H31N3O3. The van der Waals surface area contributed by atoms with E-state index in [2.05, 4.69) is 12.2 Å². The second-order valence-corrected chi connectivity index (χ2v) is 7.80. The molecule has 152 valence electrons. The fourth-order valence-corrected chi connectivity index (χ4v) is 4.15. The van der Waals surface area contributed by atoms with Gasteiger partial charge in [-0.1, -0.05) is 38.3 Å². The molecule has 1 aliphatic heterocycles. The van der Waals surface area contributed by atoms with Crippen LogP contribution >= 0.6 is 0 Å². The number of nitrogens with one attached hydrogen (secondary N) is 1. The standard InChI is InChI=1S/C22H31N3O3/c1-2-17-7-6-8-18(15-17)23-20(26)11-12-21(27)24-13-14-25(22(28)16-24)19-9-4-3-5-10-19/h6-8,15,19H,2-5,9-14,16H2,1H3,(H,23,26). The Kier molecular flexibility index (Phi) is 7.06. The fourth-order valence-electron chi connectivity index (χ4n) is 4.15. The van der Waals surface area contributed by atoms with E-state index in [-0.39, 0.29) is 37.1 Å². The van der Waals surface area contributed by atoms with Gasteiger partial charge in [0.1, 0.15) is 0 Å². The molecule has 6 nitrogen and oxygen atoms in total. The highest BCUT2D eigenvalue weighted by Crippen LogP contribution is 2.24. The first-order valence-corrected chi connectivity index (χ1v) is 10.5. The highest BCUT2D eigenvalue weighted by atomic mass is 16.2. The van der Waals surface area contributed by atoms with Crippen molar-refractivity contribution in [1.29, 1.82) is 0 Å². The zero-order valence-corrected chi connectivity index (χ0v) is 16.8. The van der Waals surface area contributed by atoms with Gasteiger partial charge in [-0.3, -0.25) is 14.4 Å². The second-order valence-electron chi connectivity index (χ2n) is 7.80. The third-order valence-electron chi connectivity index (χ3n) is 5.81. The third-order valence-corrected chi connectivity index (χ3v) is 5.81. The lowest BCUT2D eigenvalue weighted by Gasteiger charge is -2.40. The number of benzene rings is 1. The van der Waals surface area contributed by atoms with E-state index in [1.54, 1.807) is 4.90 Å². The Morgan fingerprint density at radius 2 is 1.89 bits per heavy atom. The largest absolute Gasteiger partial charge is 0.336 e. The average molecular weight is 386 g/mol. The van der Waals surface area contributed by atoms with Crippen molar-refractivity contribution in [3.8, 4) is 0 Å². The number of hydrogen-bond donors (Lipinski definition) is 1. The number of anilines is 1. The molecule has 0 aromatic heterocycles. The molecule has 1 N–H and O–H groups in total. The minimum Gasteiger partial charge on any atom is -0.336 e. The minimum atomic E-state index is -0.172. The van der Waals surface area contributed by atoms with Crippen LogP contribution in [-0.2, 0) is 20.8 Å². The SMILES string of the molecule is CCc1cccc(NC(=O)CCC(=O)N2CCN(C3CCCCC3)C(=O)C2)c1. The van der Waals surface area contributed by atoms with Crippen LogP contribution in [0.25, 0.3) is 0 Å². The van der Waals surface area contributed by atoms with Crippen LogP contribution in [0.3, 0.4) is 0 Å². The summed E-state index contributed by atoms with van der Waals surface area (Å²) in [5.74, 6) is -0.241. The topological polar surface area (TPSA) is 69.7 Å². The Hall–Kier alpha value is -2.37. The predicted molar refractivity (Wildman–Crippen MR) is 109 cm³/mol. The Morgan fingerprint density at radius 1 is 1.11 bits per heavy atom. The van der Waals surface area contributed by atoms with Crippen molar-refractivity contribution in [3.05, 3.63) is 29.8 Å². The molecule has 1 aromatic carbocycles. The molecule has 1 heterocycles. The van der Waals surface area contributed by atoms with Crippen molar-refractivity contribution in [2.24, 2.45) is 0 Å². The molecule has 2 fully saturated rings. The van der Waals surface area contributed by atoms with Crippen LogP contribution in [0.5, 0.6) is 0 Å². The summed E-state index contributed by atoms with van der Waals surface area (Å²) in [5.41, 5.74) is 1.91. The average Bonchev–Trinajstić information content (AvgIpc) is 2.72. The van der Waals surface area contributed by atoms with Crippen molar-refractivity contribution < 1.29 is 14.4 Å².